The van der Waals surface area contributed by atoms with E-state index in [0.29, 0.717) is 0 Å². The molecule has 1 N–H and O–H groups in total. The number of aliphatic hydroxyl groups excluding tert-OH is 1. The smallest absolute Gasteiger partial charge is 0.123 e. The third-order valence-corrected chi connectivity index (χ3v) is 3.94. The van der Waals surface area contributed by atoms with Crippen LogP contribution in [0.4, 0.5) is 4.39 Å². The first-order chi connectivity index (χ1) is 8.65. The molecular formula is C15H22FNO. The number of hydrogen-bond donors (Lipinski definition) is 1. The Morgan fingerprint density at radius 1 is 1.28 bits per heavy atom. The van der Waals surface area contributed by atoms with E-state index >= 15 is 0 Å². The molecule has 1 atom stereocenters. The molecule has 2 nitrogen and oxygen atoms in total. The van der Waals surface area contributed by atoms with E-state index in [1.807, 2.05) is 0 Å². The summed E-state index contributed by atoms with van der Waals surface area (Å²) in [6.07, 6.45) is 3.84. The van der Waals surface area contributed by atoms with Gasteiger partial charge in [0, 0.05) is 0 Å². The molecule has 0 saturated carbocycles. The molecule has 1 unspecified atom stereocenters. The summed E-state index contributed by atoms with van der Waals surface area (Å²) in [6.45, 7) is 2.33. The molecule has 0 bridgehead atoms. The molecule has 0 aromatic heterocycles. The first kappa shape index (κ1) is 13.5. The summed E-state index contributed by atoms with van der Waals surface area (Å²) >= 11 is 0. The third kappa shape index (κ3) is 3.79. The fourth-order valence-corrected chi connectivity index (χ4v) is 2.60. The number of hydrogen-bond acceptors (Lipinski definition) is 2. The minimum Gasteiger partial charge on any atom is -0.388 e. The molecule has 100 valence electrons. The van der Waals surface area contributed by atoms with Crippen LogP contribution in [0.3, 0.4) is 0 Å². The van der Waals surface area contributed by atoms with Crippen molar-refractivity contribution in [3.05, 3.63) is 35.6 Å². The van der Waals surface area contributed by atoms with E-state index in [2.05, 4.69) is 11.9 Å². The Hall–Kier alpha value is -0.930. The molecule has 2 rings (SSSR count). The Bertz CT molecular complexity index is 357. The van der Waals surface area contributed by atoms with Crippen molar-refractivity contribution in [2.45, 2.75) is 31.8 Å². The highest BCUT2D eigenvalue weighted by molar-refractivity contribution is 5.18. The van der Waals surface area contributed by atoms with Gasteiger partial charge in [0.25, 0.3) is 0 Å². The van der Waals surface area contributed by atoms with Crippen LogP contribution in [-0.4, -0.2) is 30.1 Å². The molecule has 0 radical (unpaired) electrons. The van der Waals surface area contributed by atoms with Gasteiger partial charge >= 0.3 is 0 Å². The maximum atomic E-state index is 12.8. The molecule has 0 aliphatic carbocycles. The van der Waals surface area contributed by atoms with E-state index in [-0.39, 0.29) is 5.82 Å². The molecule has 1 aliphatic heterocycles. The second-order valence-corrected chi connectivity index (χ2v) is 5.39. The standard InChI is InChI=1S/C15H22FNO/c1-17-10-8-12(9-11-17)2-7-15(18)13-3-5-14(16)6-4-13/h3-6,12,15,18H,2,7-11H2,1H3. The molecule has 0 amide bonds. The first-order valence-corrected chi connectivity index (χ1v) is 6.77. The number of benzene rings is 1. The molecule has 3 heteroatoms. The minimum atomic E-state index is -0.453. The largest absolute Gasteiger partial charge is 0.388 e. The van der Waals surface area contributed by atoms with Crippen LogP contribution in [0.2, 0.25) is 0 Å². The van der Waals surface area contributed by atoms with E-state index in [0.717, 1.165) is 37.4 Å². The fraction of sp³-hybridized carbons (Fsp3) is 0.600. The van der Waals surface area contributed by atoms with Crippen molar-refractivity contribution in [2.75, 3.05) is 20.1 Å². The van der Waals surface area contributed by atoms with Crippen LogP contribution in [0, 0.1) is 11.7 Å². The number of halogens is 1. The molecule has 1 heterocycles. The molecule has 18 heavy (non-hydrogen) atoms. The molecule has 1 aliphatic rings. The maximum Gasteiger partial charge on any atom is 0.123 e. The summed E-state index contributed by atoms with van der Waals surface area (Å²) in [7, 11) is 2.16. The average molecular weight is 251 g/mol. The summed E-state index contributed by atoms with van der Waals surface area (Å²) in [6, 6.07) is 6.17. The quantitative estimate of drug-likeness (QED) is 0.889. The Morgan fingerprint density at radius 2 is 1.89 bits per heavy atom. The Morgan fingerprint density at radius 3 is 2.50 bits per heavy atom. The van der Waals surface area contributed by atoms with Crippen LogP contribution < -0.4 is 0 Å². The van der Waals surface area contributed by atoms with Crippen molar-refractivity contribution >= 4 is 0 Å². The summed E-state index contributed by atoms with van der Waals surface area (Å²) < 4.78 is 12.8. The Labute approximate surface area is 108 Å². The topological polar surface area (TPSA) is 23.5 Å². The lowest BCUT2D eigenvalue weighted by molar-refractivity contribution is 0.141. The van der Waals surface area contributed by atoms with Gasteiger partial charge in [0.2, 0.25) is 0 Å². The number of nitrogens with zero attached hydrogens (tertiary/aromatic N) is 1. The fourth-order valence-electron chi connectivity index (χ4n) is 2.60. The van der Waals surface area contributed by atoms with Crippen LogP contribution >= 0.6 is 0 Å². The van der Waals surface area contributed by atoms with E-state index in [1.54, 1.807) is 12.1 Å². The highest BCUT2D eigenvalue weighted by atomic mass is 19.1. The zero-order valence-electron chi connectivity index (χ0n) is 11.0. The minimum absolute atomic E-state index is 0.249. The molecule has 1 aromatic carbocycles. The summed E-state index contributed by atoms with van der Waals surface area (Å²) in [5.41, 5.74) is 0.823. The van der Waals surface area contributed by atoms with Gasteiger partial charge in [0.05, 0.1) is 6.10 Å². The van der Waals surface area contributed by atoms with Gasteiger partial charge in [-0.15, -0.1) is 0 Å². The van der Waals surface area contributed by atoms with Crippen LogP contribution in [0.15, 0.2) is 24.3 Å². The van der Waals surface area contributed by atoms with Crippen molar-refractivity contribution in [1.82, 2.24) is 4.90 Å². The number of likely N-dealkylation sites (tertiary alicyclic amines) is 1. The van der Waals surface area contributed by atoms with Crippen LogP contribution in [0.1, 0.15) is 37.4 Å². The molecule has 1 fully saturated rings. The third-order valence-electron chi connectivity index (χ3n) is 3.94. The van der Waals surface area contributed by atoms with E-state index in [9.17, 15) is 9.50 Å². The van der Waals surface area contributed by atoms with Gasteiger partial charge in [0.15, 0.2) is 0 Å². The monoisotopic (exact) mass is 251 g/mol. The van der Waals surface area contributed by atoms with Gasteiger partial charge in [-0.1, -0.05) is 12.1 Å². The SMILES string of the molecule is CN1CCC(CCC(O)c2ccc(F)cc2)CC1. The lowest BCUT2D eigenvalue weighted by Crippen LogP contribution is -2.30. The highest BCUT2D eigenvalue weighted by Crippen LogP contribution is 2.26. The molecule has 0 spiro atoms. The van der Waals surface area contributed by atoms with Gasteiger partial charge in [-0.3, -0.25) is 0 Å². The molecular weight excluding hydrogens is 229 g/mol. The van der Waals surface area contributed by atoms with Gasteiger partial charge in [-0.05, 0) is 69.4 Å². The normalized spacial score (nSPS) is 19.9. The zero-order valence-corrected chi connectivity index (χ0v) is 11.0. The van der Waals surface area contributed by atoms with Gasteiger partial charge in [-0.25, -0.2) is 4.39 Å². The number of aliphatic hydroxyl groups is 1. The lowest BCUT2D eigenvalue weighted by Gasteiger charge is -2.29. The molecule has 1 aromatic rings. The van der Waals surface area contributed by atoms with Gasteiger partial charge < -0.3 is 10.0 Å². The van der Waals surface area contributed by atoms with Crippen molar-refractivity contribution in [3.63, 3.8) is 0 Å². The van der Waals surface area contributed by atoms with Crippen LogP contribution in [0.5, 0.6) is 0 Å². The lowest BCUT2D eigenvalue weighted by atomic mass is 9.90. The van der Waals surface area contributed by atoms with Gasteiger partial charge in [-0.2, -0.15) is 0 Å². The van der Waals surface area contributed by atoms with Crippen molar-refractivity contribution in [1.29, 1.82) is 0 Å². The zero-order chi connectivity index (χ0) is 13.0. The molecule has 1 saturated heterocycles. The van der Waals surface area contributed by atoms with Crippen LogP contribution in [-0.2, 0) is 0 Å². The maximum absolute atomic E-state index is 12.8. The van der Waals surface area contributed by atoms with E-state index < -0.39 is 6.10 Å². The number of rotatable bonds is 4. The predicted octanol–water partition coefficient (Wildman–Crippen LogP) is 2.98. The van der Waals surface area contributed by atoms with Crippen molar-refractivity contribution in [2.24, 2.45) is 5.92 Å². The number of piperidine rings is 1. The summed E-state index contributed by atoms with van der Waals surface area (Å²) in [5.74, 6) is 0.484. The first-order valence-electron chi connectivity index (χ1n) is 6.77. The highest BCUT2D eigenvalue weighted by Gasteiger charge is 2.18. The Balaban J connectivity index is 1.77. The Kier molecular flexibility index (Phi) is 4.72. The van der Waals surface area contributed by atoms with Crippen LogP contribution in [0.25, 0.3) is 0 Å². The summed E-state index contributed by atoms with van der Waals surface area (Å²) in [5, 5.41) is 10.1. The second kappa shape index (κ2) is 6.30. The van der Waals surface area contributed by atoms with Crippen molar-refractivity contribution < 1.29 is 9.50 Å². The second-order valence-electron chi connectivity index (χ2n) is 5.39. The van der Waals surface area contributed by atoms with E-state index in [4.69, 9.17) is 0 Å². The predicted molar refractivity (Wildman–Crippen MR) is 70.8 cm³/mol. The van der Waals surface area contributed by atoms with E-state index in [1.165, 1.54) is 25.0 Å². The average Bonchev–Trinajstić information content (AvgIpc) is 2.38. The van der Waals surface area contributed by atoms with Crippen molar-refractivity contribution in [3.8, 4) is 0 Å². The van der Waals surface area contributed by atoms with Gasteiger partial charge in [0.1, 0.15) is 5.82 Å². The summed E-state index contributed by atoms with van der Waals surface area (Å²) in [4.78, 5) is 2.35.